The van der Waals surface area contributed by atoms with Crippen LogP contribution >= 0.6 is 29.0 Å². The summed E-state index contributed by atoms with van der Waals surface area (Å²) in [6.07, 6.45) is 3.01. The Morgan fingerprint density at radius 2 is 0.667 bits per heavy atom. The number of fused-ring (bicyclic) bond motifs is 4. The molecule has 4 heterocycles. The van der Waals surface area contributed by atoms with Crippen LogP contribution in [0.2, 0.25) is 0 Å². The summed E-state index contributed by atoms with van der Waals surface area (Å²) in [5.41, 5.74) is 6.66. The number of aryl methyl sites for hydroxylation is 4. The molecule has 0 unspecified atom stereocenters. The fourth-order valence-corrected chi connectivity index (χ4v) is 13.2. The first kappa shape index (κ1) is 47.2. The van der Waals surface area contributed by atoms with Gasteiger partial charge in [-0.25, -0.2) is 0 Å². The minimum atomic E-state index is -2.16. The molecule has 10 rings (SSSR count). The standard InChI is InChI=1S/C56H60O10P2S/c1-33-25-35(3)47(65-67(61-41-21-13-17-37-29-53(5,6)57-49(37)41)62-42-22-14-18-38-30-54(7,8)58-50(38)42)45(27-33)69-46-28-34(2)26-36(4)48(46)66-68(63-43-23-15-19-39-31-55(9,10)59-51(39)43)64-44-24-16-20-40-32-56(11,12)60-52(40)44/h13-28H,29-32H2,1-12H3. The number of hydrogen-bond donors (Lipinski definition) is 0. The van der Waals surface area contributed by atoms with Crippen LogP contribution in [0.15, 0.2) is 107 Å². The first-order valence-electron chi connectivity index (χ1n) is 23.5. The van der Waals surface area contributed by atoms with Gasteiger partial charge in [0.1, 0.15) is 33.9 Å². The smallest absolute Gasteiger partial charge is 0.483 e. The average Bonchev–Trinajstić information content (AvgIpc) is 3.97. The van der Waals surface area contributed by atoms with Gasteiger partial charge in [0.2, 0.25) is 0 Å². The van der Waals surface area contributed by atoms with Gasteiger partial charge in [-0.05, 0) is 142 Å². The van der Waals surface area contributed by atoms with Crippen LogP contribution in [0.1, 0.15) is 99.9 Å². The Balaban J connectivity index is 1.02. The van der Waals surface area contributed by atoms with Crippen molar-refractivity contribution in [3.8, 4) is 57.5 Å². The Hall–Kier alpha value is -5.47. The van der Waals surface area contributed by atoms with Gasteiger partial charge in [-0.3, -0.25) is 0 Å². The Kier molecular flexibility index (Phi) is 12.1. The second kappa shape index (κ2) is 17.7. The van der Waals surface area contributed by atoms with E-state index in [4.69, 9.17) is 46.1 Å². The second-order valence-corrected chi connectivity index (χ2v) is 24.1. The van der Waals surface area contributed by atoms with Gasteiger partial charge in [0, 0.05) is 47.9 Å². The fraction of sp³-hybridized carbons (Fsp3) is 0.357. The number of ether oxygens (including phenoxy) is 4. The molecular formula is C56H60O10P2S. The maximum Gasteiger partial charge on any atom is 0.530 e. The van der Waals surface area contributed by atoms with Crippen molar-refractivity contribution in [1.29, 1.82) is 0 Å². The maximum absolute atomic E-state index is 7.07. The lowest BCUT2D eigenvalue weighted by atomic mass is 10.0. The summed E-state index contributed by atoms with van der Waals surface area (Å²) in [7, 11) is -4.31. The van der Waals surface area contributed by atoms with Crippen molar-refractivity contribution < 1.29 is 46.1 Å². The predicted octanol–water partition coefficient (Wildman–Crippen LogP) is 15.5. The summed E-state index contributed by atoms with van der Waals surface area (Å²) in [6.45, 7) is 24.9. The summed E-state index contributed by atoms with van der Waals surface area (Å²) in [5, 5.41) is 0. The average molecular weight is 987 g/mol. The van der Waals surface area contributed by atoms with Crippen molar-refractivity contribution in [1.82, 2.24) is 0 Å². The summed E-state index contributed by atoms with van der Waals surface area (Å²) in [6, 6.07) is 32.3. The molecule has 0 N–H and O–H groups in total. The van der Waals surface area contributed by atoms with Gasteiger partial charge in [0.05, 0.1) is 9.79 Å². The molecule has 0 aliphatic carbocycles. The van der Waals surface area contributed by atoms with Crippen molar-refractivity contribution in [3.63, 3.8) is 0 Å². The molecule has 69 heavy (non-hydrogen) atoms. The van der Waals surface area contributed by atoms with Crippen molar-refractivity contribution >= 4 is 29.0 Å². The molecule has 4 aliphatic heterocycles. The fourth-order valence-electron chi connectivity index (χ4n) is 9.55. The van der Waals surface area contributed by atoms with Crippen LogP contribution in [-0.2, 0) is 25.7 Å². The van der Waals surface area contributed by atoms with E-state index in [0.717, 1.165) is 80.0 Å². The summed E-state index contributed by atoms with van der Waals surface area (Å²) in [4.78, 5) is 1.68. The molecule has 0 spiro atoms. The lowest BCUT2D eigenvalue weighted by molar-refractivity contribution is 0.134. The molecule has 0 radical (unpaired) electrons. The monoisotopic (exact) mass is 986 g/mol. The molecule has 0 saturated heterocycles. The van der Waals surface area contributed by atoms with E-state index < -0.39 is 17.2 Å². The molecule has 0 amide bonds. The molecule has 10 nitrogen and oxygen atoms in total. The number of hydrogen-bond acceptors (Lipinski definition) is 11. The zero-order chi connectivity index (χ0) is 48.6. The molecule has 13 heteroatoms. The van der Waals surface area contributed by atoms with Crippen LogP contribution in [-0.4, -0.2) is 22.4 Å². The van der Waals surface area contributed by atoms with E-state index in [0.29, 0.717) is 57.5 Å². The highest BCUT2D eigenvalue weighted by Gasteiger charge is 2.39. The van der Waals surface area contributed by atoms with Gasteiger partial charge in [-0.2, -0.15) is 0 Å². The lowest BCUT2D eigenvalue weighted by Gasteiger charge is -2.25. The van der Waals surface area contributed by atoms with E-state index in [9.17, 15) is 0 Å². The van der Waals surface area contributed by atoms with Gasteiger partial charge >= 0.3 is 17.2 Å². The van der Waals surface area contributed by atoms with Crippen LogP contribution < -0.4 is 46.1 Å². The van der Waals surface area contributed by atoms with Crippen molar-refractivity contribution in [3.05, 3.63) is 142 Å². The number of benzene rings is 6. The zero-order valence-electron chi connectivity index (χ0n) is 41.5. The highest BCUT2D eigenvalue weighted by Crippen LogP contribution is 2.57. The van der Waals surface area contributed by atoms with E-state index >= 15 is 0 Å². The highest BCUT2D eigenvalue weighted by atomic mass is 32.2. The SMILES string of the molecule is Cc1cc(C)c(OP(Oc2cccc3c2OC(C)(C)C3)Oc2cccc3c2OC(C)(C)C3)c(Sc2cc(C)cc(C)c2OP(Oc2cccc3c2OC(C)(C)C3)Oc2cccc3c2OC(C)(C)C3)c1. The van der Waals surface area contributed by atoms with Gasteiger partial charge in [-0.1, -0.05) is 72.4 Å². The zero-order valence-corrected chi connectivity index (χ0v) is 44.1. The third-order valence-electron chi connectivity index (χ3n) is 12.2. The van der Waals surface area contributed by atoms with E-state index in [2.05, 4.69) is 118 Å². The quantitative estimate of drug-likeness (QED) is 0.0977. The summed E-state index contributed by atoms with van der Waals surface area (Å²) < 4.78 is 67.4. The Morgan fingerprint density at radius 1 is 0.391 bits per heavy atom. The number of para-hydroxylation sites is 4. The molecule has 360 valence electrons. The minimum absolute atomic E-state index is 0.386. The van der Waals surface area contributed by atoms with Gasteiger partial charge < -0.3 is 46.1 Å². The van der Waals surface area contributed by atoms with Crippen molar-refractivity contribution in [2.75, 3.05) is 0 Å². The van der Waals surface area contributed by atoms with E-state index in [1.807, 2.05) is 62.4 Å². The minimum Gasteiger partial charge on any atom is -0.483 e. The summed E-state index contributed by atoms with van der Waals surface area (Å²) in [5.74, 6) is 6.18. The maximum atomic E-state index is 7.07. The Labute approximate surface area is 413 Å². The second-order valence-electron chi connectivity index (χ2n) is 21.0. The lowest BCUT2D eigenvalue weighted by Crippen LogP contribution is -2.24. The van der Waals surface area contributed by atoms with Crippen LogP contribution in [0.5, 0.6) is 57.5 Å². The van der Waals surface area contributed by atoms with E-state index in [1.54, 1.807) is 0 Å². The van der Waals surface area contributed by atoms with E-state index in [1.165, 1.54) is 11.8 Å². The molecule has 6 aromatic carbocycles. The normalized spacial score (nSPS) is 17.1. The molecule has 0 fully saturated rings. The highest BCUT2D eigenvalue weighted by molar-refractivity contribution is 7.99. The largest absolute Gasteiger partial charge is 0.530 e. The first-order valence-corrected chi connectivity index (χ1v) is 26.5. The molecule has 0 aromatic heterocycles. The van der Waals surface area contributed by atoms with Gasteiger partial charge in [-0.15, -0.1) is 0 Å². The van der Waals surface area contributed by atoms with Gasteiger partial charge in [0.15, 0.2) is 46.0 Å². The van der Waals surface area contributed by atoms with Gasteiger partial charge in [0.25, 0.3) is 0 Å². The van der Waals surface area contributed by atoms with Crippen LogP contribution in [0.25, 0.3) is 0 Å². The van der Waals surface area contributed by atoms with Crippen LogP contribution in [0, 0.1) is 27.7 Å². The Bertz CT molecular complexity index is 2650. The van der Waals surface area contributed by atoms with E-state index in [-0.39, 0.29) is 22.4 Å². The Morgan fingerprint density at radius 3 is 0.942 bits per heavy atom. The predicted molar refractivity (Wildman–Crippen MR) is 273 cm³/mol. The molecule has 4 aliphatic rings. The first-order chi connectivity index (χ1) is 32.7. The topological polar surface area (TPSA) is 92.3 Å². The third-order valence-corrected chi connectivity index (χ3v) is 15.3. The van der Waals surface area contributed by atoms with Crippen LogP contribution in [0.3, 0.4) is 0 Å². The van der Waals surface area contributed by atoms with Crippen molar-refractivity contribution in [2.24, 2.45) is 0 Å². The molecule has 0 saturated carbocycles. The number of rotatable bonds is 14. The molecular weight excluding hydrogens is 927 g/mol. The molecule has 6 aromatic rings. The summed E-state index contributed by atoms with van der Waals surface area (Å²) >= 11 is 1.54. The van der Waals surface area contributed by atoms with Crippen LogP contribution in [0.4, 0.5) is 0 Å². The molecule has 0 atom stereocenters. The molecule has 0 bridgehead atoms. The third kappa shape index (κ3) is 10.1. The van der Waals surface area contributed by atoms with Crippen molar-refractivity contribution in [2.45, 2.75) is 141 Å².